The molecule has 5 nitrogen and oxygen atoms in total. The predicted octanol–water partition coefficient (Wildman–Crippen LogP) is 1.40. The van der Waals surface area contributed by atoms with Crippen LogP contribution < -0.4 is 5.32 Å². The lowest BCUT2D eigenvalue weighted by Crippen LogP contribution is -2.42. The Hall–Kier alpha value is -1.10. The fraction of sp³-hybridized carbons (Fsp3) is 0.846. The zero-order chi connectivity index (χ0) is 14.3. The molecule has 0 heterocycles. The fourth-order valence-electron chi connectivity index (χ4n) is 2.07. The number of rotatable bonds is 7. The maximum Gasteiger partial charge on any atom is 0.326 e. The van der Waals surface area contributed by atoms with Crippen molar-refractivity contribution in [2.75, 3.05) is 6.61 Å². The number of hydrogen-bond donors (Lipinski definition) is 3. The number of aliphatic hydroxyl groups is 1. The van der Waals surface area contributed by atoms with Crippen molar-refractivity contribution < 1.29 is 19.8 Å². The molecule has 2 atom stereocenters. The summed E-state index contributed by atoms with van der Waals surface area (Å²) in [6.07, 6.45) is 1.25. The van der Waals surface area contributed by atoms with Crippen molar-refractivity contribution in [3.05, 3.63) is 0 Å². The van der Waals surface area contributed by atoms with Crippen LogP contribution in [0.4, 0.5) is 0 Å². The second kappa shape index (κ2) is 7.36. The number of carboxylic acids is 1. The van der Waals surface area contributed by atoms with Crippen molar-refractivity contribution in [2.45, 2.75) is 53.0 Å². The highest BCUT2D eigenvalue weighted by molar-refractivity contribution is 5.83. The van der Waals surface area contributed by atoms with Crippen molar-refractivity contribution in [2.24, 2.45) is 11.3 Å². The molecule has 0 aromatic heterocycles. The Kier molecular flexibility index (Phi) is 6.91. The lowest BCUT2D eigenvalue weighted by Gasteiger charge is -2.23. The van der Waals surface area contributed by atoms with E-state index >= 15 is 0 Å². The Morgan fingerprint density at radius 3 is 2.22 bits per heavy atom. The zero-order valence-electron chi connectivity index (χ0n) is 11.7. The van der Waals surface area contributed by atoms with Crippen molar-refractivity contribution in [1.29, 1.82) is 0 Å². The van der Waals surface area contributed by atoms with Gasteiger partial charge in [0, 0.05) is 19.4 Å². The standard InChI is InChI=1S/C13H25NO4/c1-9(8-13(2,3)4)7-11(16)14-10(5-6-15)12(17)18/h9-10,15H,5-8H2,1-4H3,(H,14,16)(H,17,18). The minimum atomic E-state index is -1.11. The third-order valence-corrected chi connectivity index (χ3v) is 2.55. The smallest absolute Gasteiger partial charge is 0.326 e. The summed E-state index contributed by atoms with van der Waals surface area (Å²) >= 11 is 0. The molecular formula is C13H25NO4. The van der Waals surface area contributed by atoms with E-state index in [0.29, 0.717) is 6.42 Å². The second-order valence-corrected chi connectivity index (χ2v) is 6.04. The molecule has 0 aliphatic rings. The van der Waals surface area contributed by atoms with Crippen LogP contribution in [-0.4, -0.2) is 34.7 Å². The molecule has 3 N–H and O–H groups in total. The molecule has 0 saturated heterocycles. The minimum Gasteiger partial charge on any atom is -0.480 e. The first-order valence-corrected chi connectivity index (χ1v) is 6.28. The average Bonchev–Trinajstić information content (AvgIpc) is 2.13. The SMILES string of the molecule is CC(CC(=O)NC(CCO)C(=O)O)CC(C)(C)C. The van der Waals surface area contributed by atoms with E-state index in [4.69, 9.17) is 10.2 Å². The van der Waals surface area contributed by atoms with E-state index in [2.05, 4.69) is 26.1 Å². The third kappa shape index (κ3) is 8.06. The second-order valence-electron chi connectivity index (χ2n) is 6.04. The van der Waals surface area contributed by atoms with E-state index in [9.17, 15) is 9.59 Å². The van der Waals surface area contributed by atoms with Gasteiger partial charge in [-0.3, -0.25) is 4.79 Å². The number of nitrogens with one attached hydrogen (secondary N) is 1. The molecular weight excluding hydrogens is 234 g/mol. The number of carbonyl (C=O) groups excluding carboxylic acids is 1. The largest absolute Gasteiger partial charge is 0.480 e. The van der Waals surface area contributed by atoms with E-state index in [1.165, 1.54) is 0 Å². The Morgan fingerprint density at radius 1 is 1.28 bits per heavy atom. The maximum absolute atomic E-state index is 11.7. The summed E-state index contributed by atoms with van der Waals surface area (Å²) in [6, 6.07) is -0.996. The van der Waals surface area contributed by atoms with E-state index in [1.54, 1.807) is 0 Å². The van der Waals surface area contributed by atoms with E-state index in [1.807, 2.05) is 6.92 Å². The number of aliphatic carboxylic acids is 1. The van der Waals surface area contributed by atoms with Crippen molar-refractivity contribution in [3.63, 3.8) is 0 Å². The van der Waals surface area contributed by atoms with Crippen molar-refractivity contribution >= 4 is 11.9 Å². The van der Waals surface area contributed by atoms with Crippen molar-refractivity contribution in [3.8, 4) is 0 Å². The topological polar surface area (TPSA) is 86.6 Å². The van der Waals surface area contributed by atoms with Crippen molar-refractivity contribution in [1.82, 2.24) is 5.32 Å². The monoisotopic (exact) mass is 259 g/mol. The van der Waals surface area contributed by atoms with Gasteiger partial charge in [-0.05, 0) is 17.8 Å². The van der Waals surface area contributed by atoms with Crippen LogP contribution in [0.3, 0.4) is 0 Å². The molecule has 0 aromatic rings. The Labute approximate surface area is 109 Å². The summed E-state index contributed by atoms with van der Waals surface area (Å²) in [5, 5.41) is 20.0. The van der Waals surface area contributed by atoms with Crippen LogP contribution in [0, 0.1) is 11.3 Å². The third-order valence-electron chi connectivity index (χ3n) is 2.55. The van der Waals surface area contributed by atoms with Gasteiger partial charge in [-0.2, -0.15) is 0 Å². The van der Waals surface area contributed by atoms with Crippen LogP contribution in [0.1, 0.15) is 47.0 Å². The normalized spacial score (nSPS) is 14.9. The summed E-state index contributed by atoms with van der Waals surface area (Å²) in [6.45, 7) is 8.04. The molecule has 106 valence electrons. The number of carboxylic acid groups (broad SMARTS) is 1. The molecule has 0 aromatic carbocycles. The highest BCUT2D eigenvalue weighted by Crippen LogP contribution is 2.25. The van der Waals surface area contributed by atoms with Gasteiger partial charge in [0.05, 0.1) is 0 Å². The Bertz CT molecular complexity index is 283. The number of amides is 1. The molecule has 0 spiro atoms. The van der Waals surface area contributed by atoms with Gasteiger partial charge in [0.15, 0.2) is 0 Å². The maximum atomic E-state index is 11.7. The summed E-state index contributed by atoms with van der Waals surface area (Å²) < 4.78 is 0. The zero-order valence-corrected chi connectivity index (χ0v) is 11.7. The molecule has 2 unspecified atom stereocenters. The highest BCUT2D eigenvalue weighted by atomic mass is 16.4. The molecule has 0 bridgehead atoms. The van der Waals surface area contributed by atoms with Gasteiger partial charge in [0.25, 0.3) is 0 Å². The number of aliphatic hydroxyl groups excluding tert-OH is 1. The van der Waals surface area contributed by atoms with Gasteiger partial charge in [-0.1, -0.05) is 27.7 Å². The van der Waals surface area contributed by atoms with Crippen LogP contribution in [0.2, 0.25) is 0 Å². The van der Waals surface area contributed by atoms with Gasteiger partial charge in [-0.15, -0.1) is 0 Å². The molecule has 18 heavy (non-hydrogen) atoms. The van der Waals surface area contributed by atoms with Gasteiger partial charge >= 0.3 is 5.97 Å². The molecule has 0 aliphatic heterocycles. The summed E-state index contributed by atoms with van der Waals surface area (Å²) in [5.41, 5.74) is 0.150. The molecule has 5 heteroatoms. The Balaban J connectivity index is 4.20. The van der Waals surface area contributed by atoms with Crippen LogP contribution >= 0.6 is 0 Å². The Morgan fingerprint density at radius 2 is 1.83 bits per heavy atom. The summed E-state index contributed by atoms with van der Waals surface area (Å²) in [7, 11) is 0. The van der Waals surface area contributed by atoms with Crippen LogP contribution in [-0.2, 0) is 9.59 Å². The van der Waals surface area contributed by atoms with Gasteiger partial charge in [0.2, 0.25) is 5.91 Å². The van der Waals surface area contributed by atoms with Crippen LogP contribution in [0.25, 0.3) is 0 Å². The van der Waals surface area contributed by atoms with E-state index in [-0.39, 0.29) is 30.3 Å². The van der Waals surface area contributed by atoms with E-state index < -0.39 is 12.0 Å². The first-order chi connectivity index (χ1) is 8.15. The van der Waals surface area contributed by atoms with Crippen LogP contribution in [0.15, 0.2) is 0 Å². The number of carbonyl (C=O) groups is 2. The molecule has 0 aliphatic carbocycles. The molecule has 0 saturated carbocycles. The minimum absolute atomic E-state index is 0.0364. The quantitative estimate of drug-likeness (QED) is 0.645. The first kappa shape index (κ1) is 16.9. The lowest BCUT2D eigenvalue weighted by molar-refractivity contribution is -0.142. The van der Waals surface area contributed by atoms with Gasteiger partial charge in [-0.25, -0.2) is 4.79 Å². The van der Waals surface area contributed by atoms with Gasteiger partial charge < -0.3 is 15.5 Å². The molecule has 0 fully saturated rings. The molecule has 0 rings (SSSR count). The lowest BCUT2D eigenvalue weighted by atomic mass is 9.84. The fourth-order valence-corrected chi connectivity index (χ4v) is 2.07. The van der Waals surface area contributed by atoms with Gasteiger partial charge in [0.1, 0.15) is 6.04 Å². The average molecular weight is 259 g/mol. The first-order valence-electron chi connectivity index (χ1n) is 6.28. The molecule has 0 radical (unpaired) electrons. The van der Waals surface area contributed by atoms with E-state index in [0.717, 1.165) is 6.42 Å². The molecule has 1 amide bonds. The predicted molar refractivity (Wildman–Crippen MR) is 69.1 cm³/mol. The van der Waals surface area contributed by atoms with Crippen LogP contribution in [0.5, 0.6) is 0 Å². The number of hydrogen-bond acceptors (Lipinski definition) is 3. The summed E-state index contributed by atoms with van der Waals surface area (Å²) in [5.74, 6) is -1.18. The highest BCUT2D eigenvalue weighted by Gasteiger charge is 2.22. The summed E-state index contributed by atoms with van der Waals surface area (Å²) in [4.78, 5) is 22.5.